The molecule has 2 N–H and O–H groups in total. The summed E-state index contributed by atoms with van der Waals surface area (Å²) in [6, 6.07) is 11.7. The summed E-state index contributed by atoms with van der Waals surface area (Å²) in [6.07, 6.45) is -14.6. The van der Waals surface area contributed by atoms with Gasteiger partial charge in [0.25, 0.3) is 20.0 Å². The van der Waals surface area contributed by atoms with E-state index in [9.17, 15) is 56.3 Å². The van der Waals surface area contributed by atoms with E-state index in [4.69, 9.17) is 0 Å². The van der Waals surface area contributed by atoms with Gasteiger partial charge in [0.2, 0.25) is 0 Å². The molecule has 0 spiro atoms. The molecule has 0 amide bonds. The summed E-state index contributed by atoms with van der Waals surface area (Å²) >= 11 is 0. The van der Waals surface area contributed by atoms with E-state index in [1.54, 1.807) is 0 Å². The molecule has 4 aromatic rings. The SMILES string of the molecule is O=S(=O)(Nc1ccc(-c2cccc(C(F)(F)F)c2)cc1NS(=O)(=O)c1cccc(C(F)(F)F)c1)c1cccc(C(F)(F)F)c1. The molecule has 0 saturated carbocycles. The van der Waals surface area contributed by atoms with Crippen molar-refractivity contribution in [2.45, 2.75) is 28.3 Å². The molecular formula is C27H17F9N2O4S2. The molecule has 4 aromatic carbocycles. The summed E-state index contributed by atoms with van der Waals surface area (Å²) in [5, 5.41) is 0. The number of hydrogen-bond acceptors (Lipinski definition) is 4. The Morgan fingerprint density at radius 3 is 1.27 bits per heavy atom. The lowest BCUT2D eigenvalue weighted by Gasteiger charge is -2.17. The van der Waals surface area contributed by atoms with Crippen LogP contribution in [0.4, 0.5) is 50.9 Å². The van der Waals surface area contributed by atoms with Crippen LogP contribution in [0.15, 0.2) is 101 Å². The Morgan fingerprint density at radius 2 is 0.818 bits per heavy atom. The molecule has 0 aliphatic rings. The third-order valence-electron chi connectivity index (χ3n) is 5.97. The van der Waals surface area contributed by atoms with Gasteiger partial charge in [-0.15, -0.1) is 0 Å². The first-order chi connectivity index (χ1) is 20.2. The normalized spacial score (nSPS) is 13.0. The molecule has 234 valence electrons. The van der Waals surface area contributed by atoms with Gasteiger partial charge in [-0.2, -0.15) is 39.5 Å². The van der Waals surface area contributed by atoms with Crippen molar-refractivity contribution in [1.82, 2.24) is 0 Å². The van der Waals surface area contributed by atoms with Gasteiger partial charge in [-0.25, -0.2) is 16.8 Å². The van der Waals surface area contributed by atoms with E-state index in [2.05, 4.69) is 0 Å². The van der Waals surface area contributed by atoms with Crippen molar-refractivity contribution in [2.24, 2.45) is 0 Å². The van der Waals surface area contributed by atoms with Crippen LogP contribution in [0.1, 0.15) is 16.7 Å². The molecule has 0 radical (unpaired) electrons. The summed E-state index contributed by atoms with van der Waals surface area (Å²) in [4.78, 5) is -1.77. The molecule has 0 saturated heterocycles. The Bertz CT molecular complexity index is 1920. The maximum Gasteiger partial charge on any atom is 0.416 e. The highest BCUT2D eigenvalue weighted by molar-refractivity contribution is 7.93. The quantitative estimate of drug-likeness (QED) is 0.195. The number of nitrogens with one attached hydrogen (secondary N) is 2. The lowest BCUT2D eigenvalue weighted by atomic mass is 10.0. The third-order valence-corrected chi connectivity index (χ3v) is 8.70. The average molecular weight is 669 g/mol. The summed E-state index contributed by atoms with van der Waals surface area (Å²) in [5.41, 5.74) is -5.17. The summed E-state index contributed by atoms with van der Waals surface area (Å²) in [6.45, 7) is 0. The first-order valence-corrected chi connectivity index (χ1v) is 14.9. The van der Waals surface area contributed by atoms with Gasteiger partial charge in [0.05, 0.1) is 37.9 Å². The minimum atomic E-state index is -4.93. The maximum atomic E-state index is 13.3. The van der Waals surface area contributed by atoms with E-state index in [0.29, 0.717) is 30.3 Å². The van der Waals surface area contributed by atoms with E-state index in [-0.39, 0.29) is 11.1 Å². The average Bonchev–Trinajstić information content (AvgIpc) is 2.92. The fourth-order valence-corrected chi connectivity index (χ4v) is 6.10. The van der Waals surface area contributed by atoms with E-state index in [1.165, 1.54) is 6.07 Å². The molecule has 0 bridgehead atoms. The molecule has 4 rings (SSSR count). The van der Waals surface area contributed by atoms with E-state index in [1.807, 2.05) is 9.44 Å². The van der Waals surface area contributed by atoms with Gasteiger partial charge in [-0.05, 0) is 71.8 Å². The van der Waals surface area contributed by atoms with Gasteiger partial charge < -0.3 is 0 Å². The number of halogens is 9. The van der Waals surface area contributed by atoms with Crippen LogP contribution in [0.25, 0.3) is 11.1 Å². The van der Waals surface area contributed by atoms with Crippen molar-refractivity contribution < 1.29 is 56.3 Å². The van der Waals surface area contributed by atoms with Crippen LogP contribution in [0.3, 0.4) is 0 Å². The van der Waals surface area contributed by atoms with Gasteiger partial charge in [0, 0.05) is 0 Å². The van der Waals surface area contributed by atoms with Gasteiger partial charge >= 0.3 is 18.5 Å². The fourth-order valence-electron chi connectivity index (χ4n) is 3.86. The smallest absolute Gasteiger partial charge is 0.277 e. The second-order valence-corrected chi connectivity index (χ2v) is 12.5. The predicted octanol–water partition coefficient (Wildman–Crippen LogP) is 8.01. The topological polar surface area (TPSA) is 92.3 Å². The second kappa shape index (κ2) is 11.4. The number of anilines is 2. The van der Waals surface area contributed by atoms with Crippen LogP contribution in [-0.2, 0) is 38.6 Å². The Hall–Kier alpha value is -4.25. The van der Waals surface area contributed by atoms with E-state index < -0.39 is 76.4 Å². The minimum absolute atomic E-state index is 0.0835. The first kappa shape index (κ1) is 32.7. The van der Waals surface area contributed by atoms with E-state index >= 15 is 0 Å². The molecule has 17 heteroatoms. The molecular weight excluding hydrogens is 651 g/mol. The number of alkyl halides is 9. The molecule has 0 unspecified atom stereocenters. The maximum absolute atomic E-state index is 13.3. The zero-order valence-electron chi connectivity index (χ0n) is 21.5. The highest BCUT2D eigenvalue weighted by Gasteiger charge is 2.34. The monoisotopic (exact) mass is 668 g/mol. The first-order valence-electron chi connectivity index (χ1n) is 11.9. The standard InChI is InChI=1S/C27H17F9N2O4S2/c28-25(29,30)18-5-1-4-16(12-18)17-10-11-23(37-43(39,40)21-8-2-6-19(14-21)26(31,32)33)24(13-17)38-44(41,42)22-9-3-7-20(15-22)27(34,35)36/h1-15,37-38H. The number of hydrogen-bond donors (Lipinski definition) is 2. The molecule has 0 atom stereocenters. The van der Waals surface area contributed by atoms with Crippen molar-refractivity contribution in [3.63, 3.8) is 0 Å². The second-order valence-electron chi connectivity index (χ2n) is 9.10. The molecule has 0 fully saturated rings. The molecule has 0 aromatic heterocycles. The zero-order valence-corrected chi connectivity index (χ0v) is 23.1. The van der Waals surface area contributed by atoms with Crippen molar-refractivity contribution in [3.05, 3.63) is 108 Å². The minimum Gasteiger partial charge on any atom is -0.277 e. The fraction of sp³-hybridized carbons (Fsp3) is 0.111. The third kappa shape index (κ3) is 7.45. The Labute approximate surface area is 244 Å². The molecule has 0 heterocycles. The number of sulfonamides is 2. The zero-order chi connectivity index (χ0) is 32.7. The van der Waals surface area contributed by atoms with Crippen LogP contribution in [0.2, 0.25) is 0 Å². The van der Waals surface area contributed by atoms with Gasteiger partial charge in [-0.3, -0.25) is 9.44 Å². The van der Waals surface area contributed by atoms with E-state index in [0.717, 1.165) is 54.6 Å². The Kier molecular flexibility index (Phi) is 8.43. The van der Waals surface area contributed by atoms with Crippen molar-refractivity contribution in [2.75, 3.05) is 9.44 Å². The van der Waals surface area contributed by atoms with Crippen LogP contribution in [0, 0.1) is 0 Å². The van der Waals surface area contributed by atoms with Crippen molar-refractivity contribution >= 4 is 31.4 Å². The molecule has 6 nitrogen and oxygen atoms in total. The lowest BCUT2D eigenvalue weighted by molar-refractivity contribution is -0.138. The summed E-state index contributed by atoms with van der Waals surface area (Å²) in [7, 11) is -9.76. The summed E-state index contributed by atoms with van der Waals surface area (Å²) in [5.74, 6) is 0. The van der Waals surface area contributed by atoms with Crippen LogP contribution in [0.5, 0.6) is 0 Å². The summed E-state index contributed by atoms with van der Waals surface area (Å²) < 4.78 is 175. The Morgan fingerprint density at radius 1 is 0.432 bits per heavy atom. The highest BCUT2D eigenvalue weighted by atomic mass is 32.2. The van der Waals surface area contributed by atoms with Crippen molar-refractivity contribution in [1.29, 1.82) is 0 Å². The lowest BCUT2D eigenvalue weighted by Crippen LogP contribution is -2.18. The molecule has 0 aliphatic carbocycles. The highest BCUT2D eigenvalue weighted by Crippen LogP contribution is 2.37. The van der Waals surface area contributed by atoms with Crippen LogP contribution < -0.4 is 9.44 Å². The predicted molar refractivity (Wildman–Crippen MR) is 141 cm³/mol. The Balaban J connectivity index is 1.83. The van der Waals surface area contributed by atoms with Gasteiger partial charge in [0.15, 0.2) is 0 Å². The molecule has 44 heavy (non-hydrogen) atoms. The van der Waals surface area contributed by atoms with Crippen molar-refractivity contribution in [3.8, 4) is 11.1 Å². The van der Waals surface area contributed by atoms with Crippen LogP contribution in [-0.4, -0.2) is 16.8 Å². The number of rotatable bonds is 7. The van der Waals surface area contributed by atoms with Gasteiger partial charge in [0.1, 0.15) is 0 Å². The largest absolute Gasteiger partial charge is 0.416 e. The molecule has 0 aliphatic heterocycles. The number of benzene rings is 4. The van der Waals surface area contributed by atoms with Gasteiger partial charge in [-0.1, -0.05) is 30.3 Å². The van der Waals surface area contributed by atoms with Crippen LogP contribution >= 0.6 is 0 Å².